The van der Waals surface area contributed by atoms with Crippen molar-refractivity contribution in [2.24, 2.45) is 0 Å². The number of aromatic amines is 2. The predicted molar refractivity (Wildman–Crippen MR) is 149 cm³/mol. The van der Waals surface area contributed by atoms with Crippen LogP contribution in [0.3, 0.4) is 0 Å². The third kappa shape index (κ3) is 5.34. The first-order valence-corrected chi connectivity index (χ1v) is 13.2. The number of halogens is 2. The van der Waals surface area contributed by atoms with Crippen LogP contribution < -0.4 is 5.48 Å². The summed E-state index contributed by atoms with van der Waals surface area (Å²) in [6.45, 7) is 5.83. The number of H-pyrrole nitrogens is 2. The summed E-state index contributed by atoms with van der Waals surface area (Å²) in [5.41, 5.74) is 11.0. The van der Waals surface area contributed by atoms with Gasteiger partial charge in [-0.2, -0.15) is 0 Å². The van der Waals surface area contributed by atoms with Gasteiger partial charge >= 0.3 is 0 Å². The highest BCUT2D eigenvalue weighted by Crippen LogP contribution is 2.38. The van der Waals surface area contributed by atoms with E-state index in [4.69, 9.17) is 28.4 Å². The molecule has 2 heterocycles. The molecule has 5 rings (SSSR count). The summed E-state index contributed by atoms with van der Waals surface area (Å²) in [4.78, 5) is 20.7. The van der Waals surface area contributed by atoms with Crippen molar-refractivity contribution in [2.75, 3.05) is 6.54 Å². The molecule has 0 aliphatic heterocycles. The summed E-state index contributed by atoms with van der Waals surface area (Å²) in [5, 5.41) is 11.4. The molecule has 6 nitrogen and oxygen atoms in total. The third-order valence-corrected chi connectivity index (χ3v) is 8.17. The van der Waals surface area contributed by atoms with Gasteiger partial charge in [0.15, 0.2) is 0 Å². The van der Waals surface area contributed by atoms with E-state index in [9.17, 15) is 4.79 Å². The predicted octanol–water partition coefficient (Wildman–Crippen LogP) is 6.67. The Hall–Kier alpha value is -3.03. The quantitative estimate of drug-likeness (QED) is 0.115. The molecular weight excluding hydrogens is 507 g/mol. The molecule has 0 bridgehead atoms. The zero-order valence-corrected chi connectivity index (χ0v) is 22.4. The van der Waals surface area contributed by atoms with Crippen molar-refractivity contribution in [3.8, 4) is 0 Å². The summed E-state index contributed by atoms with van der Waals surface area (Å²) in [6, 6.07) is 12.6. The van der Waals surface area contributed by atoms with Gasteiger partial charge in [-0.1, -0.05) is 47.5 Å². The van der Waals surface area contributed by atoms with Gasteiger partial charge in [-0.3, -0.25) is 14.9 Å². The Balaban J connectivity index is 1.42. The van der Waals surface area contributed by atoms with Crippen LogP contribution in [0.1, 0.15) is 51.5 Å². The van der Waals surface area contributed by atoms with Crippen LogP contribution in [-0.4, -0.2) is 32.5 Å². The molecule has 4 aromatic rings. The fourth-order valence-corrected chi connectivity index (χ4v) is 5.78. The highest BCUT2D eigenvalue weighted by atomic mass is 35.5. The molecule has 0 spiro atoms. The number of hydrogen-bond donors (Lipinski definition) is 4. The Kier molecular flexibility index (Phi) is 7.45. The van der Waals surface area contributed by atoms with Gasteiger partial charge in [0.1, 0.15) is 5.15 Å². The van der Waals surface area contributed by atoms with E-state index in [-0.39, 0.29) is 6.04 Å². The molecule has 1 unspecified atom stereocenters. The van der Waals surface area contributed by atoms with Crippen molar-refractivity contribution >= 4 is 46.1 Å². The lowest BCUT2D eigenvalue weighted by Gasteiger charge is -2.30. The molecule has 0 saturated carbocycles. The maximum Gasteiger partial charge on any atom is 0.267 e. The van der Waals surface area contributed by atoms with E-state index in [1.165, 1.54) is 33.7 Å². The van der Waals surface area contributed by atoms with Gasteiger partial charge in [0.05, 0.1) is 0 Å². The zero-order chi connectivity index (χ0) is 26.1. The number of aryl methyl sites for hydroxylation is 1. The number of benzene rings is 2. The van der Waals surface area contributed by atoms with Crippen molar-refractivity contribution < 1.29 is 10.0 Å². The molecule has 0 radical (unpaired) electrons. The monoisotopic (exact) mass is 536 g/mol. The van der Waals surface area contributed by atoms with Crippen LogP contribution in [0.4, 0.5) is 0 Å². The van der Waals surface area contributed by atoms with E-state index in [1.807, 2.05) is 18.2 Å². The Morgan fingerprint density at radius 2 is 2.03 bits per heavy atom. The van der Waals surface area contributed by atoms with Crippen molar-refractivity contribution in [3.63, 3.8) is 0 Å². The lowest BCUT2D eigenvalue weighted by Crippen LogP contribution is -2.30. The van der Waals surface area contributed by atoms with Gasteiger partial charge < -0.3 is 9.97 Å². The molecule has 0 saturated heterocycles. The third-order valence-electron chi connectivity index (χ3n) is 7.56. The average Bonchev–Trinajstić information content (AvgIpc) is 3.57. The second-order valence-corrected chi connectivity index (χ2v) is 10.5. The zero-order valence-electron chi connectivity index (χ0n) is 20.9. The maximum atomic E-state index is 11.4. The Morgan fingerprint density at radius 3 is 2.78 bits per heavy atom. The molecule has 1 aliphatic carbocycles. The average molecular weight is 537 g/mol. The summed E-state index contributed by atoms with van der Waals surface area (Å²) in [6.07, 6.45) is 8.03. The minimum atomic E-state index is -0.542. The highest BCUT2D eigenvalue weighted by molar-refractivity contribution is 6.31. The van der Waals surface area contributed by atoms with Crippen LogP contribution in [0.25, 0.3) is 17.0 Å². The number of hydroxylamine groups is 1. The molecule has 8 heteroatoms. The first-order chi connectivity index (χ1) is 17.8. The Labute approximate surface area is 226 Å². The minimum Gasteiger partial charge on any atom is -0.361 e. The van der Waals surface area contributed by atoms with Gasteiger partial charge in [0.25, 0.3) is 5.91 Å². The molecule has 0 fully saturated rings. The van der Waals surface area contributed by atoms with Crippen molar-refractivity contribution in [3.05, 3.63) is 97.9 Å². The minimum absolute atomic E-state index is 0.273. The van der Waals surface area contributed by atoms with Gasteiger partial charge in [0.2, 0.25) is 0 Å². The first-order valence-electron chi connectivity index (χ1n) is 12.4. The largest absolute Gasteiger partial charge is 0.361 e. The highest BCUT2D eigenvalue weighted by Gasteiger charge is 2.29. The smallest absolute Gasteiger partial charge is 0.267 e. The number of fused-ring (bicyclic) bond motifs is 2. The normalized spacial score (nSPS) is 15.2. The lowest BCUT2D eigenvalue weighted by molar-refractivity contribution is -0.124. The molecule has 1 amide bonds. The maximum absolute atomic E-state index is 11.4. The topological polar surface area (TPSA) is 84.2 Å². The number of hydrogen-bond acceptors (Lipinski definition) is 3. The van der Waals surface area contributed by atoms with Gasteiger partial charge in [-0.15, -0.1) is 0 Å². The number of nitrogens with zero attached hydrogens (tertiary/aromatic N) is 1. The van der Waals surface area contributed by atoms with E-state index < -0.39 is 5.91 Å². The molecule has 1 atom stereocenters. The summed E-state index contributed by atoms with van der Waals surface area (Å²) in [5.74, 6) is -0.542. The van der Waals surface area contributed by atoms with E-state index in [0.717, 1.165) is 59.7 Å². The molecule has 4 N–H and O–H groups in total. The number of amides is 1. The number of carbonyl (C=O) groups is 1. The van der Waals surface area contributed by atoms with Gasteiger partial charge in [-0.25, -0.2) is 5.48 Å². The molecule has 1 aliphatic rings. The van der Waals surface area contributed by atoms with Gasteiger partial charge in [-0.05, 0) is 84.7 Å². The molecule has 37 heavy (non-hydrogen) atoms. The Morgan fingerprint density at radius 1 is 1.19 bits per heavy atom. The van der Waals surface area contributed by atoms with Crippen LogP contribution in [0.2, 0.25) is 10.2 Å². The molecular formula is C29H30Cl2N4O2. The van der Waals surface area contributed by atoms with E-state index in [1.54, 1.807) is 11.6 Å². The molecule has 2 aromatic carbocycles. The standard InChI is InChI=1S/C29H30Cl2N4O2/c1-17-18(2)29(31)33-26(17)16-35(12-11-21-15-32-25-14-22(30)6-8-23(21)25)27-9-5-20-13-19(3-7-24(20)27)4-10-28(36)34-37/h3-4,6-8,10,13-15,27,32-33,37H,5,9,11-12,16H2,1-2H3,(H,34,36). The van der Waals surface area contributed by atoms with E-state index >= 15 is 0 Å². The fraction of sp³-hybridized carbons (Fsp3) is 0.276. The first kappa shape index (κ1) is 25.6. The molecule has 192 valence electrons. The van der Waals surface area contributed by atoms with Crippen LogP contribution in [-0.2, 0) is 24.2 Å². The van der Waals surface area contributed by atoms with Crippen LogP contribution >= 0.6 is 23.2 Å². The lowest BCUT2D eigenvalue weighted by atomic mass is 10.0. The van der Waals surface area contributed by atoms with Crippen LogP contribution in [0.15, 0.2) is 48.7 Å². The number of carbonyl (C=O) groups excluding carboxylic acids is 1. The van der Waals surface area contributed by atoms with Crippen LogP contribution in [0, 0.1) is 13.8 Å². The molecule has 2 aromatic heterocycles. The summed E-state index contributed by atoms with van der Waals surface area (Å²) < 4.78 is 0. The van der Waals surface area contributed by atoms with E-state index in [2.05, 4.69) is 53.1 Å². The summed E-state index contributed by atoms with van der Waals surface area (Å²) >= 11 is 12.6. The van der Waals surface area contributed by atoms with Crippen molar-refractivity contribution in [2.45, 2.75) is 45.7 Å². The summed E-state index contributed by atoms with van der Waals surface area (Å²) in [7, 11) is 0. The van der Waals surface area contributed by atoms with Crippen molar-refractivity contribution in [1.29, 1.82) is 0 Å². The number of aromatic nitrogens is 2. The second kappa shape index (κ2) is 10.8. The second-order valence-electron chi connectivity index (χ2n) is 9.71. The van der Waals surface area contributed by atoms with E-state index in [0.29, 0.717) is 5.15 Å². The van der Waals surface area contributed by atoms with Crippen molar-refractivity contribution in [1.82, 2.24) is 20.3 Å². The number of nitrogens with one attached hydrogen (secondary N) is 3. The Bertz CT molecular complexity index is 1490. The van der Waals surface area contributed by atoms with Crippen LogP contribution in [0.5, 0.6) is 0 Å². The SMILES string of the molecule is Cc1c(Cl)[nH]c(CN(CCc2c[nH]c3cc(Cl)ccc23)C2CCc3cc(C=CC(=O)NO)ccc32)c1C. The fourth-order valence-electron chi connectivity index (χ4n) is 5.35. The number of rotatable bonds is 8. The van der Waals surface area contributed by atoms with Gasteiger partial charge in [0, 0.05) is 53.0 Å².